The highest BCUT2D eigenvalue weighted by Crippen LogP contribution is 2.21. The lowest BCUT2D eigenvalue weighted by atomic mass is 10.1. The van der Waals surface area contributed by atoms with E-state index >= 15 is 0 Å². The Hall–Kier alpha value is -1.61. The Balaban J connectivity index is 2.20. The number of hydrogen-bond donors (Lipinski definition) is 0. The Morgan fingerprint density at radius 2 is 1.71 bits per heavy atom. The van der Waals surface area contributed by atoms with E-state index in [9.17, 15) is 0 Å². The largest absolute Gasteiger partial charge is 0.491 e. The Morgan fingerprint density at radius 1 is 1.00 bits per heavy atom. The fourth-order valence-corrected chi connectivity index (χ4v) is 1.55. The van der Waals surface area contributed by atoms with E-state index in [0.29, 0.717) is 5.15 Å². The fourth-order valence-electron chi connectivity index (χ4n) is 1.45. The van der Waals surface area contributed by atoms with E-state index in [2.05, 4.69) is 10.2 Å². The normalized spacial score (nSPS) is 10.6. The lowest BCUT2D eigenvalue weighted by Gasteiger charge is -2.09. The molecule has 2 rings (SSSR count). The lowest BCUT2D eigenvalue weighted by molar-refractivity contribution is 0.242. The molecule has 0 atom stereocenters. The van der Waals surface area contributed by atoms with Gasteiger partial charge in [0.05, 0.1) is 11.8 Å². The standard InChI is InChI=1S/C13H13ClN2O/c1-9(2)17-11-5-3-10(4-6-11)12-7-8-13(14)16-15-12/h3-9H,1-2H3. The second-order valence-electron chi connectivity index (χ2n) is 3.93. The summed E-state index contributed by atoms with van der Waals surface area (Å²) in [6.07, 6.45) is 0.177. The van der Waals surface area contributed by atoms with E-state index in [-0.39, 0.29) is 6.10 Å². The maximum atomic E-state index is 5.69. The smallest absolute Gasteiger partial charge is 0.151 e. The molecule has 1 heterocycles. The summed E-state index contributed by atoms with van der Waals surface area (Å²) < 4.78 is 5.57. The Morgan fingerprint density at radius 3 is 2.24 bits per heavy atom. The van der Waals surface area contributed by atoms with Crippen molar-refractivity contribution >= 4 is 11.6 Å². The minimum absolute atomic E-state index is 0.177. The van der Waals surface area contributed by atoms with Gasteiger partial charge >= 0.3 is 0 Å². The zero-order valence-electron chi connectivity index (χ0n) is 9.72. The molecule has 17 heavy (non-hydrogen) atoms. The molecule has 0 bridgehead atoms. The van der Waals surface area contributed by atoms with Crippen LogP contribution >= 0.6 is 11.6 Å². The molecule has 0 aliphatic heterocycles. The van der Waals surface area contributed by atoms with E-state index in [1.165, 1.54) is 0 Å². The predicted molar refractivity (Wildman–Crippen MR) is 68.2 cm³/mol. The van der Waals surface area contributed by atoms with Crippen molar-refractivity contribution in [3.63, 3.8) is 0 Å². The van der Waals surface area contributed by atoms with Crippen LogP contribution in [0.15, 0.2) is 36.4 Å². The number of rotatable bonds is 3. The van der Waals surface area contributed by atoms with Gasteiger partial charge in [-0.2, -0.15) is 0 Å². The van der Waals surface area contributed by atoms with Gasteiger partial charge in [0.15, 0.2) is 5.15 Å². The third kappa shape index (κ3) is 3.17. The van der Waals surface area contributed by atoms with E-state index in [1.54, 1.807) is 6.07 Å². The molecule has 2 aromatic rings. The highest BCUT2D eigenvalue weighted by atomic mass is 35.5. The van der Waals surface area contributed by atoms with Gasteiger partial charge in [-0.1, -0.05) is 11.6 Å². The summed E-state index contributed by atoms with van der Waals surface area (Å²) in [5, 5.41) is 8.22. The van der Waals surface area contributed by atoms with E-state index in [4.69, 9.17) is 16.3 Å². The predicted octanol–water partition coefficient (Wildman–Crippen LogP) is 3.58. The maximum Gasteiger partial charge on any atom is 0.151 e. The van der Waals surface area contributed by atoms with Gasteiger partial charge in [0.1, 0.15) is 5.75 Å². The van der Waals surface area contributed by atoms with Crippen molar-refractivity contribution in [2.75, 3.05) is 0 Å². The second kappa shape index (κ2) is 5.15. The minimum atomic E-state index is 0.177. The first-order chi connectivity index (χ1) is 8.15. The average Bonchev–Trinajstić information content (AvgIpc) is 2.30. The van der Waals surface area contributed by atoms with Crippen molar-refractivity contribution in [2.24, 2.45) is 0 Å². The molecule has 0 saturated carbocycles. The van der Waals surface area contributed by atoms with Crippen LogP contribution in [0.4, 0.5) is 0 Å². The van der Waals surface area contributed by atoms with Crippen molar-refractivity contribution in [3.05, 3.63) is 41.6 Å². The number of hydrogen-bond acceptors (Lipinski definition) is 3. The van der Waals surface area contributed by atoms with Gasteiger partial charge in [0.2, 0.25) is 0 Å². The summed E-state index contributed by atoms with van der Waals surface area (Å²) in [5.74, 6) is 0.852. The first-order valence-corrected chi connectivity index (χ1v) is 5.79. The van der Waals surface area contributed by atoms with E-state index in [1.807, 2.05) is 44.2 Å². The van der Waals surface area contributed by atoms with Crippen LogP contribution in [0.2, 0.25) is 5.15 Å². The van der Waals surface area contributed by atoms with Gasteiger partial charge in [0.25, 0.3) is 0 Å². The zero-order valence-corrected chi connectivity index (χ0v) is 10.5. The molecule has 3 nitrogen and oxygen atoms in total. The van der Waals surface area contributed by atoms with Crippen LogP contribution in [0, 0.1) is 0 Å². The zero-order chi connectivity index (χ0) is 12.3. The highest BCUT2D eigenvalue weighted by molar-refractivity contribution is 6.29. The van der Waals surface area contributed by atoms with Crippen LogP contribution in [0.5, 0.6) is 5.75 Å². The van der Waals surface area contributed by atoms with Crippen molar-refractivity contribution in [3.8, 4) is 17.0 Å². The van der Waals surface area contributed by atoms with E-state index < -0.39 is 0 Å². The minimum Gasteiger partial charge on any atom is -0.491 e. The summed E-state index contributed by atoms with van der Waals surface area (Å²) in [7, 11) is 0. The molecule has 1 aromatic heterocycles. The van der Waals surface area contributed by atoms with Gasteiger partial charge < -0.3 is 4.74 Å². The molecule has 0 amide bonds. The first-order valence-electron chi connectivity index (χ1n) is 5.41. The van der Waals surface area contributed by atoms with Crippen molar-refractivity contribution in [2.45, 2.75) is 20.0 Å². The Kier molecular flexibility index (Phi) is 3.59. The van der Waals surface area contributed by atoms with Crippen LogP contribution in [0.3, 0.4) is 0 Å². The van der Waals surface area contributed by atoms with Gasteiger partial charge in [-0.25, -0.2) is 0 Å². The average molecular weight is 249 g/mol. The molecule has 0 radical (unpaired) electrons. The molecule has 0 N–H and O–H groups in total. The number of benzene rings is 1. The van der Waals surface area contributed by atoms with E-state index in [0.717, 1.165) is 17.0 Å². The first kappa shape index (κ1) is 11.9. The molecular formula is C13H13ClN2O. The summed E-state index contributed by atoms with van der Waals surface area (Å²) in [6, 6.07) is 11.3. The Bertz CT molecular complexity index is 480. The molecule has 1 aromatic carbocycles. The van der Waals surface area contributed by atoms with Crippen molar-refractivity contribution in [1.82, 2.24) is 10.2 Å². The monoisotopic (exact) mass is 248 g/mol. The quantitative estimate of drug-likeness (QED) is 0.833. The molecule has 0 aliphatic carbocycles. The summed E-state index contributed by atoms with van der Waals surface area (Å²) >= 11 is 5.69. The lowest BCUT2D eigenvalue weighted by Crippen LogP contribution is -2.05. The van der Waals surface area contributed by atoms with Crippen LogP contribution in [0.25, 0.3) is 11.3 Å². The van der Waals surface area contributed by atoms with Crippen LogP contribution in [0.1, 0.15) is 13.8 Å². The summed E-state index contributed by atoms with van der Waals surface area (Å²) in [5.41, 5.74) is 1.79. The topological polar surface area (TPSA) is 35.0 Å². The van der Waals surface area contributed by atoms with Gasteiger partial charge in [0, 0.05) is 5.56 Å². The molecule has 0 spiro atoms. The third-order valence-electron chi connectivity index (χ3n) is 2.15. The number of ether oxygens (including phenoxy) is 1. The Labute approximate surface area is 105 Å². The van der Waals surface area contributed by atoms with Crippen LogP contribution in [-0.2, 0) is 0 Å². The summed E-state index contributed by atoms with van der Waals surface area (Å²) in [4.78, 5) is 0. The van der Waals surface area contributed by atoms with Crippen molar-refractivity contribution in [1.29, 1.82) is 0 Å². The molecule has 0 fully saturated rings. The second-order valence-corrected chi connectivity index (χ2v) is 4.32. The number of aromatic nitrogens is 2. The van der Waals surface area contributed by atoms with Crippen molar-refractivity contribution < 1.29 is 4.74 Å². The number of halogens is 1. The maximum absolute atomic E-state index is 5.69. The van der Waals surface area contributed by atoms with Gasteiger partial charge in [-0.05, 0) is 50.2 Å². The van der Waals surface area contributed by atoms with Gasteiger partial charge in [-0.15, -0.1) is 10.2 Å². The molecular weight excluding hydrogens is 236 g/mol. The number of nitrogens with zero attached hydrogens (tertiary/aromatic N) is 2. The van der Waals surface area contributed by atoms with Crippen LogP contribution in [-0.4, -0.2) is 16.3 Å². The third-order valence-corrected chi connectivity index (χ3v) is 2.36. The molecule has 4 heteroatoms. The summed E-state index contributed by atoms with van der Waals surface area (Å²) in [6.45, 7) is 4.00. The molecule has 0 aliphatic rings. The highest BCUT2D eigenvalue weighted by Gasteiger charge is 2.02. The van der Waals surface area contributed by atoms with Crippen LogP contribution < -0.4 is 4.74 Å². The van der Waals surface area contributed by atoms with Gasteiger partial charge in [-0.3, -0.25) is 0 Å². The molecule has 88 valence electrons. The molecule has 0 unspecified atom stereocenters. The SMILES string of the molecule is CC(C)Oc1ccc(-c2ccc(Cl)nn2)cc1. The fraction of sp³-hybridized carbons (Fsp3) is 0.231. The molecule has 0 saturated heterocycles.